The van der Waals surface area contributed by atoms with Crippen molar-refractivity contribution in [2.45, 2.75) is 17.7 Å². The Morgan fingerprint density at radius 1 is 1.22 bits per heavy atom. The lowest BCUT2D eigenvalue weighted by Crippen LogP contribution is -2.25. The van der Waals surface area contributed by atoms with Gasteiger partial charge in [0.15, 0.2) is 0 Å². The van der Waals surface area contributed by atoms with E-state index in [1.54, 1.807) is 6.07 Å². The van der Waals surface area contributed by atoms with E-state index in [0.29, 0.717) is 24.0 Å². The van der Waals surface area contributed by atoms with Crippen molar-refractivity contribution in [3.05, 3.63) is 26.7 Å². The normalized spacial score (nSPS) is 11.8. The number of sulfonamides is 1. The Balaban J connectivity index is 2.89. The van der Waals surface area contributed by atoms with E-state index in [1.165, 1.54) is 6.07 Å². The van der Waals surface area contributed by atoms with Crippen LogP contribution in [0.4, 0.5) is 0 Å². The fourth-order valence-electron chi connectivity index (χ4n) is 1.27. The van der Waals surface area contributed by atoms with Crippen molar-refractivity contribution in [3.8, 4) is 0 Å². The van der Waals surface area contributed by atoms with Gasteiger partial charge in [-0.2, -0.15) is 0 Å². The molecule has 3 N–H and O–H groups in total. The first kappa shape index (κ1) is 16.2. The van der Waals surface area contributed by atoms with Gasteiger partial charge in [-0.25, -0.2) is 13.1 Å². The summed E-state index contributed by atoms with van der Waals surface area (Å²) >= 11 is 15.0. The summed E-state index contributed by atoms with van der Waals surface area (Å²) in [7, 11) is -3.64. The van der Waals surface area contributed by atoms with Gasteiger partial charge in [-0.05, 0) is 47.4 Å². The van der Waals surface area contributed by atoms with Crippen molar-refractivity contribution in [1.82, 2.24) is 4.72 Å². The van der Waals surface area contributed by atoms with Gasteiger partial charge in [0.05, 0.1) is 10.0 Å². The molecule has 0 aliphatic carbocycles. The molecule has 0 aliphatic rings. The molecular weight excluding hydrogens is 363 g/mol. The Labute approximate surface area is 125 Å². The number of rotatable bonds is 6. The smallest absolute Gasteiger partial charge is 0.242 e. The summed E-state index contributed by atoms with van der Waals surface area (Å²) in [6, 6.07) is 2.95. The van der Waals surface area contributed by atoms with Crippen LogP contribution in [-0.2, 0) is 10.0 Å². The summed E-state index contributed by atoms with van der Waals surface area (Å²) in [6.07, 6.45) is 1.44. The van der Waals surface area contributed by atoms with Gasteiger partial charge in [0, 0.05) is 11.0 Å². The molecule has 0 bridgehead atoms. The molecule has 0 spiro atoms. The van der Waals surface area contributed by atoms with E-state index < -0.39 is 10.0 Å². The van der Waals surface area contributed by atoms with E-state index in [-0.39, 0.29) is 14.9 Å². The highest BCUT2D eigenvalue weighted by Crippen LogP contribution is 2.34. The average Bonchev–Trinajstić information content (AvgIpc) is 2.31. The van der Waals surface area contributed by atoms with Crippen LogP contribution in [0.2, 0.25) is 10.0 Å². The fraction of sp³-hybridized carbons (Fsp3) is 0.400. The van der Waals surface area contributed by atoms with Gasteiger partial charge < -0.3 is 5.73 Å². The number of benzene rings is 1. The van der Waals surface area contributed by atoms with Crippen molar-refractivity contribution >= 4 is 49.2 Å². The first-order valence-corrected chi connectivity index (χ1v) is 8.26. The molecule has 0 aliphatic heterocycles. The van der Waals surface area contributed by atoms with Crippen molar-refractivity contribution in [2.75, 3.05) is 13.1 Å². The molecule has 0 aromatic heterocycles. The molecule has 4 nitrogen and oxygen atoms in total. The largest absolute Gasteiger partial charge is 0.330 e. The summed E-state index contributed by atoms with van der Waals surface area (Å²) < 4.78 is 27.0. The third-order valence-corrected chi connectivity index (χ3v) is 5.60. The maximum atomic E-state index is 12.0. The van der Waals surface area contributed by atoms with Crippen LogP contribution in [0.5, 0.6) is 0 Å². The number of hydrogen-bond acceptors (Lipinski definition) is 3. The third-order valence-electron chi connectivity index (χ3n) is 2.21. The molecule has 0 saturated heterocycles. The zero-order valence-electron chi connectivity index (χ0n) is 9.42. The van der Waals surface area contributed by atoms with Gasteiger partial charge in [0.25, 0.3) is 0 Å². The molecule has 0 unspecified atom stereocenters. The van der Waals surface area contributed by atoms with Crippen LogP contribution >= 0.6 is 39.1 Å². The predicted molar refractivity (Wildman–Crippen MR) is 77.6 cm³/mol. The maximum Gasteiger partial charge on any atom is 0.242 e. The van der Waals surface area contributed by atoms with Crippen LogP contribution in [0.25, 0.3) is 0 Å². The molecule has 0 fully saturated rings. The highest BCUT2D eigenvalue weighted by molar-refractivity contribution is 9.10. The van der Waals surface area contributed by atoms with Gasteiger partial charge >= 0.3 is 0 Å². The summed E-state index contributed by atoms with van der Waals surface area (Å²) in [5.41, 5.74) is 5.33. The van der Waals surface area contributed by atoms with Crippen molar-refractivity contribution in [1.29, 1.82) is 0 Å². The van der Waals surface area contributed by atoms with E-state index in [1.807, 2.05) is 0 Å². The molecule has 0 saturated carbocycles. The molecule has 18 heavy (non-hydrogen) atoms. The first-order valence-electron chi connectivity index (χ1n) is 5.23. The van der Waals surface area contributed by atoms with Crippen LogP contribution in [0.3, 0.4) is 0 Å². The van der Waals surface area contributed by atoms with Gasteiger partial charge in [0.1, 0.15) is 4.90 Å². The van der Waals surface area contributed by atoms with Crippen LogP contribution in [0, 0.1) is 0 Å². The molecule has 8 heteroatoms. The first-order chi connectivity index (χ1) is 8.40. The molecule has 1 aromatic rings. The van der Waals surface area contributed by atoms with E-state index in [9.17, 15) is 8.42 Å². The molecule has 0 heterocycles. The predicted octanol–water partition coefficient (Wildman–Crippen LogP) is 2.77. The Hall–Kier alpha value is 0.150. The molecular formula is C10H13BrCl2N2O2S. The quantitative estimate of drug-likeness (QED) is 0.593. The van der Waals surface area contributed by atoms with E-state index in [0.717, 1.165) is 6.42 Å². The highest BCUT2D eigenvalue weighted by atomic mass is 79.9. The van der Waals surface area contributed by atoms with Crippen LogP contribution < -0.4 is 10.5 Å². The van der Waals surface area contributed by atoms with E-state index in [2.05, 4.69) is 20.7 Å². The number of hydrogen-bond donors (Lipinski definition) is 2. The molecule has 0 radical (unpaired) electrons. The van der Waals surface area contributed by atoms with Gasteiger partial charge in [-0.3, -0.25) is 0 Å². The standard InChI is InChI=1S/C10H13BrCl2N2O2S/c11-7-3-4-8(10(13)9(7)12)18(16,17)15-6-2-1-5-14/h3-4,15H,1-2,5-6,14H2. The Morgan fingerprint density at radius 2 is 1.89 bits per heavy atom. The maximum absolute atomic E-state index is 12.0. The second kappa shape index (κ2) is 7.07. The number of nitrogens with one attached hydrogen (secondary N) is 1. The number of halogens is 3. The number of nitrogens with two attached hydrogens (primary N) is 1. The van der Waals surface area contributed by atoms with E-state index >= 15 is 0 Å². The third kappa shape index (κ3) is 4.08. The second-order valence-electron chi connectivity index (χ2n) is 3.57. The van der Waals surface area contributed by atoms with Crippen LogP contribution in [-0.4, -0.2) is 21.5 Å². The van der Waals surface area contributed by atoms with E-state index in [4.69, 9.17) is 28.9 Å². The minimum atomic E-state index is -3.64. The lowest BCUT2D eigenvalue weighted by atomic mass is 10.3. The average molecular weight is 376 g/mol. The molecule has 0 amide bonds. The van der Waals surface area contributed by atoms with Crippen LogP contribution in [0.15, 0.2) is 21.5 Å². The summed E-state index contributed by atoms with van der Waals surface area (Å²) in [4.78, 5) is -0.0230. The molecule has 0 atom stereocenters. The number of unbranched alkanes of at least 4 members (excludes halogenated alkanes) is 1. The highest BCUT2D eigenvalue weighted by Gasteiger charge is 2.20. The molecule has 1 aromatic carbocycles. The summed E-state index contributed by atoms with van der Waals surface area (Å²) in [5, 5.41) is 0.193. The monoisotopic (exact) mass is 374 g/mol. The lowest BCUT2D eigenvalue weighted by Gasteiger charge is -2.09. The minimum Gasteiger partial charge on any atom is -0.330 e. The minimum absolute atomic E-state index is 0.0115. The zero-order chi connectivity index (χ0) is 13.8. The lowest BCUT2D eigenvalue weighted by molar-refractivity contribution is 0.577. The SMILES string of the molecule is NCCCCNS(=O)(=O)c1ccc(Br)c(Cl)c1Cl. The van der Waals surface area contributed by atoms with Crippen LogP contribution in [0.1, 0.15) is 12.8 Å². The Kier molecular flexibility index (Phi) is 6.37. The molecule has 1 rings (SSSR count). The van der Waals surface area contributed by atoms with Gasteiger partial charge in [0.2, 0.25) is 10.0 Å². The van der Waals surface area contributed by atoms with Gasteiger partial charge in [-0.15, -0.1) is 0 Å². The van der Waals surface area contributed by atoms with Crippen molar-refractivity contribution in [3.63, 3.8) is 0 Å². The summed E-state index contributed by atoms with van der Waals surface area (Å²) in [6.45, 7) is 0.857. The topological polar surface area (TPSA) is 72.2 Å². The van der Waals surface area contributed by atoms with Crippen molar-refractivity contribution in [2.24, 2.45) is 5.73 Å². The Morgan fingerprint density at radius 3 is 2.50 bits per heavy atom. The Bertz CT molecular complexity index is 523. The van der Waals surface area contributed by atoms with Crippen molar-refractivity contribution < 1.29 is 8.42 Å². The van der Waals surface area contributed by atoms with Gasteiger partial charge in [-0.1, -0.05) is 23.2 Å². The molecule has 102 valence electrons. The second-order valence-corrected chi connectivity index (χ2v) is 6.91. The zero-order valence-corrected chi connectivity index (χ0v) is 13.3. The fourth-order valence-corrected chi connectivity index (χ4v) is 3.56. The summed E-state index contributed by atoms with van der Waals surface area (Å²) in [5.74, 6) is 0.